The van der Waals surface area contributed by atoms with Crippen LogP contribution in [0.25, 0.3) is 0 Å². The summed E-state index contributed by atoms with van der Waals surface area (Å²) in [6.45, 7) is 0.403. The third-order valence-electron chi connectivity index (χ3n) is 1.66. The molecule has 0 fully saturated rings. The summed E-state index contributed by atoms with van der Waals surface area (Å²) in [6, 6.07) is 0. The van der Waals surface area contributed by atoms with E-state index in [1.54, 1.807) is 0 Å². The third-order valence-corrected chi connectivity index (χ3v) is 1.66. The van der Waals surface area contributed by atoms with Crippen LogP contribution < -0.4 is 0 Å². The van der Waals surface area contributed by atoms with E-state index in [0.717, 1.165) is 12.8 Å². The molecule has 0 saturated heterocycles. The number of carbonyl (C=O) groups excluding carboxylic acids is 1. The minimum Gasteiger partial charge on any atom is -0.438 e. The van der Waals surface area contributed by atoms with Crippen molar-refractivity contribution in [3.8, 4) is 0 Å². The Kier molecular flexibility index (Phi) is 3.38. The van der Waals surface area contributed by atoms with Crippen molar-refractivity contribution in [2.45, 2.75) is 12.8 Å². The summed E-state index contributed by atoms with van der Waals surface area (Å²) < 4.78 is 9.04. The number of rotatable bonds is 3. The van der Waals surface area contributed by atoms with Gasteiger partial charge in [0.05, 0.1) is 13.7 Å². The molecule has 0 aliphatic heterocycles. The molecule has 1 aliphatic carbocycles. The Morgan fingerprint density at radius 3 is 3.08 bits per heavy atom. The molecule has 0 unspecified atom stereocenters. The summed E-state index contributed by atoms with van der Waals surface area (Å²) in [4.78, 5) is 10.5. The van der Waals surface area contributed by atoms with Crippen LogP contribution in [0.2, 0.25) is 0 Å². The summed E-state index contributed by atoms with van der Waals surface area (Å²) in [5.74, 6) is 0. The fraction of sp³-hybridized carbons (Fsp3) is 0.444. The van der Waals surface area contributed by atoms with Crippen LogP contribution in [0.1, 0.15) is 12.8 Å². The van der Waals surface area contributed by atoms with Gasteiger partial charge in [-0.3, -0.25) is 0 Å². The number of carbonyl (C=O) groups is 1. The van der Waals surface area contributed by atoms with Crippen LogP contribution in [-0.2, 0) is 9.47 Å². The zero-order valence-corrected chi connectivity index (χ0v) is 7.08. The van der Waals surface area contributed by atoms with Crippen molar-refractivity contribution in [3.63, 3.8) is 0 Å². The second-order valence-electron chi connectivity index (χ2n) is 2.51. The molecule has 1 rings (SSSR count). The Morgan fingerprint density at radius 1 is 1.67 bits per heavy atom. The summed E-state index contributed by atoms with van der Waals surface area (Å²) >= 11 is 0. The Balaban J connectivity index is 2.06. The van der Waals surface area contributed by atoms with Gasteiger partial charge in [-0.1, -0.05) is 23.8 Å². The lowest BCUT2D eigenvalue weighted by molar-refractivity contribution is 0.0736. The maximum atomic E-state index is 10.5. The van der Waals surface area contributed by atoms with Crippen LogP contribution in [-0.4, -0.2) is 19.9 Å². The smallest absolute Gasteiger partial charge is 0.438 e. The molecule has 0 bridgehead atoms. The van der Waals surface area contributed by atoms with Gasteiger partial charge >= 0.3 is 6.16 Å². The van der Waals surface area contributed by atoms with Gasteiger partial charge in [-0.2, -0.15) is 0 Å². The normalized spacial score (nSPS) is 14.2. The standard InChI is InChI=1S/C9H12O3/c1-11-9(10)12-7-6-8-4-2-3-5-8/h2-4H,5-7H2,1H3. The van der Waals surface area contributed by atoms with Crippen molar-refractivity contribution in [3.05, 3.63) is 23.8 Å². The minimum absolute atomic E-state index is 0.403. The summed E-state index contributed by atoms with van der Waals surface area (Å²) in [7, 11) is 1.30. The Bertz CT molecular complexity index is 216. The first-order valence-corrected chi connectivity index (χ1v) is 3.88. The second kappa shape index (κ2) is 4.59. The van der Waals surface area contributed by atoms with Crippen molar-refractivity contribution >= 4 is 6.16 Å². The minimum atomic E-state index is -0.610. The van der Waals surface area contributed by atoms with E-state index >= 15 is 0 Å². The van der Waals surface area contributed by atoms with Crippen LogP contribution in [0.15, 0.2) is 23.8 Å². The van der Waals surface area contributed by atoms with Gasteiger partial charge in [0.25, 0.3) is 0 Å². The SMILES string of the molecule is COC(=O)OCCC1=CC=CC1. The van der Waals surface area contributed by atoms with Crippen molar-refractivity contribution in [2.75, 3.05) is 13.7 Å². The molecule has 0 aromatic rings. The highest BCUT2D eigenvalue weighted by Crippen LogP contribution is 2.13. The van der Waals surface area contributed by atoms with Gasteiger partial charge in [0.1, 0.15) is 0 Å². The predicted molar refractivity (Wildman–Crippen MR) is 44.8 cm³/mol. The predicted octanol–water partition coefficient (Wildman–Crippen LogP) is 2.05. The molecule has 1 aliphatic rings. The Hall–Kier alpha value is -1.25. The number of methoxy groups -OCH3 is 1. The third kappa shape index (κ3) is 2.78. The van der Waals surface area contributed by atoms with Gasteiger partial charge in [0, 0.05) is 6.42 Å². The quantitative estimate of drug-likeness (QED) is 0.605. The molecule has 12 heavy (non-hydrogen) atoms. The van der Waals surface area contributed by atoms with Crippen molar-refractivity contribution in [1.82, 2.24) is 0 Å². The molecule has 0 amide bonds. The van der Waals surface area contributed by atoms with Crippen LogP contribution in [0, 0.1) is 0 Å². The molecule has 0 aromatic heterocycles. The van der Waals surface area contributed by atoms with Crippen molar-refractivity contribution in [2.24, 2.45) is 0 Å². The molecule has 66 valence electrons. The fourth-order valence-corrected chi connectivity index (χ4v) is 1.00. The van der Waals surface area contributed by atoms with Crippen LogP contribution >= 0.6 is 0 Å². The molecule has 0 radical (unpaired) electrons. The van der Waals surface area contributed by atoms with Gasteiger partial charge in [0.2, 0.25) is 0 Å². The van der Waals surface area contributed by atoms with E-state index in [1.165, 1.54) is 12.7 Å². The van der Waals surface area contributed by atoms with Gasteiger partial charge in [0.15, 0.2) is 0 Å². The molecule has 3 nitrogen and oxygen atoms in total. The lowest BCUT2D eigenvalue weighted by Crippen LogP contribution is -2.05. The van der Waals surface area contributed by atoms with Gasteiger partial charge in [-0.05, 0) is 6.42 Å². The maximum absolute atomic E-state index is 10.5. The number of hydrogen-bond acceptors (Lipinski definition) is 3. The second-order valence-corrected chi connectivity index (χ2v) is 2.51. The van der Waals surface area contributed by atoms with Crippen LogP contribution in [0.5, 0.6) is 0 Å². The number of allylic oxidation sites excluding steroid dienone is 3. The summed E-state index contributed by atoms with van der Waals surface area (Å²) in [6.07, 6.45) is 7.29. The molecule has 0 heterocycles. The molecule has 0 spiro atoms. The lowest BCUT2D eigenvalue weighted by Gasteiger charge is -2.02. The summed E-state index contributed by atoms with van der Waals surface area (Å²) in [5.41, 5.74) is 1.29. The average molecular weight is 168 g/mol. The molecule has 0 aromatic carbocycles. The van der Waals surface area contributed by atoms with E-state index in [9.17, 15) is 4.79 Å². The largest absolute Gasteiger partial charge is 0.507 e. The van der Waals surface area contributed by atoms with Crippen LogP contribution in [0.4, 0.5) is 4.79 Å². The maximum Gasteiger partial charge on any atom is 0.507 e. The average Bonchev–Trinajstić information content (AvgIpc) is 2.57. The van der Waals surface area contributed by atoms with Crippen molar-refractivity contribution < 1.29 is 14.3 Å². The number of hydrogen-bond donors (Lipinski definition) is 0. The highest BCUT2D eigenvalue weighted by Gasteiger charge is 2.02. The highest BCUT2D eigenvalue weighted by atomic mass is 16.7. The van der Waals surface area contributed by atoms with Gasteiger partial charge in [-0.15, -0.1) is 0 Å². The van der Waals surface area contributed by atoms with Crippen LogP contribution in [0.3, 0.4) is 0 Å². The number of ether oxygens (including phenoxy) is 2. The van der Waals surface area contributed by atoms with E-state index in [4.69, 9.17) is 4.74 Å². The summed E-state index contributed by atoms with van der Waals surface area (Å²) in [5, 5.41) is 0. The first-order valence-electron chi connectivity index (χ1n) is 3.88. The molecule has 0 saturated carbocycles. The molecule has 0 atom stereocenters. The lowest BCUT2D eigenvalue weighted by atomic mass is 10.2. The van der Waals surface area contributed by atoms with E-state index in [-0.39, 0.29) is 0 Å². The molecular formula is C9H12O3. The Labute approximate surface area is 71.7 Å². The molecule has 3 heteroatoms. The van der Waals surface area contributed by atoms with Crippen molar-refractivity contribution in [1.29, 1.82) is 0 Å². The van der Waals surface area contributed by atoms with E-state index in [2.05, 4.69) is 10.8 Å². The highest BCUT2D eigenvalue weighted by molar-refractivity contribution is 5.59. The van der Waals surface area contributed by atoms with Gasteiger partial charge < -0.3 is 9.47 Å². The first-order chi connectivity index (χ1) is 5.83. The topological polar surface area (TPSA) is 35.5 Å². The Morgan fingerprint density at radius 2 is 2.50 bits per heavy atom. The van der Waals surface area contributed by atoms with E-state index in [1.807, 2.05) is 12.2 Å². The van der Waals surface area contributed by atoms with E-state index in [0.29, 0.717) is 6.61 Å². The van der Waals surface area contributed by atoms with E-state index < -0.39 is 6.16 Å². The zero-order valence-electron chi connectivity index (χ0n) is 7.08. The first kappa shape index (κ1) is 8.84. The molecule has 0 N–H and O–H groups in total. The molecular weight excluding hydrogens is 156 g/mol. The monoisotopic (exact) mass is 168 g/mol. The fourth-order valence-electron chi connectivity index (χ4n) is 1.00. The van der Waals surface area contributed by atoms with Gasteiger partial charge in [-0.25, -0.2) is 4.79 Å². The zero-order chi connectivity index (χ0) is 8.81.